The fourth-order valence-corrected chi connectivity index (χ4v) is 4.96. The molecule has 7 nitrogen and oxygen atoms in total. The molecular formula is C29H28N4O3. The lowest BCUT2D eigenvalue weighted by Crippen LogP contribution is -2.47. The fourth-order valence-electron chi connectivity index (χ4n) is 4.96. The van der Waals surface area contributed by atoms with Gasteiger partial charge in [-0.25, -0.2) is 0 Å². The van der Waals surface area contributed by atoms with Crippen LogP contribution in [0.4, 0.5) is 5.69 Å². The van der Waals surface area contributed by atoms with E-state index in [0.29, 0.717) is 12.1 Å². The number of carbonyl (C=O) groups is 1. The molecule has 1 amide bonds. The smallest absolute Gasteiger partial charge is 0.269 e. The first-order valence-electron chi connectivity index (χ1n) is 12.3. The van der Waals surface area contributed by atoms with Crippen LogP contribution in [-0.4, -0.2) is 42.2 Å². The molecule has 0 fully saturated rings. The van der Waals surface area contributed by atoms with Crippen molar-refractivity contribution in [2.75, 3.05) is 31.4 Å². The summed E-state index contributed by atoms with van der Waals surface area (Å²) in [5.41, 5.74) is 9.15. The monoisotopic (exact) mass is 480 g/mol. The molecule has 6 rings (SSSR count). The SMILES string of the molecule is Cc1cc(N(CCN2CCc3cc4c(cc3C2)OCO4)NC(=O)c2ccccc2)c2ccccc2n1. The number of para-hydroxylation sites is 1. The summed E-state index contributed by atoms with van der Waals surface area (Å²) in [4.78, 5) is 20.3. The molecule has 3 aromatic carbocycles. The van der Waals surface area contributed by atoms with Crippen LogP contribution in [0, 0.1) is 6.92 Å². The number of aryl methyl sites for hydroxylation is 1. The number of hydrazine groups is 1. The summed E-state index contributed by atoms with van der Waals surface area (Å²) in [6, 6.07) is 23.6. The maximum Gasteiger partial charge on any atom is 0.269 e. The summed E-state index contributed by atoms with van der Waals surface area (Å²) in [6.45, 7) is 5.48. The number of amides is 1. The van der Waals surface area contributed by atoms with Gasteiger partial charge in [0.2, 0.25) is 6.79 Å². The molecule has 182 valence electrons. The second kappa shape index (κ2) is 9.51. The molecule has 3 heterocycles. The Hall–Kier alpha value is -4.10. The predicted molar refractivity (Wildman–Crippen MR) is 139 cm³/mol. The van der Waals surface area contributed by atoms with Gasteiger partial charge in [0.05, 0.1) is 17.7 Å². The van der Waals surface area contributed by atoms with Crippen molar-refractivity contribution in [1.29, 1.82) is 0 Å². The second-order valence-corrected chi connectivity index (χ2v) is 9.26. The summed E-state index contributed by atoms with van der Waals surface area (Å²) in [7, 11) is 0. The average Bonchev–Trinajstić information content (AvgIpc) is 3.36. The molecule has 0 saturated heterocycles. The van der Waals surface area contributed by atoms with Crippen molar-refractivity contribution < 1.29 is 14.3 Å². The van der Waals surface area contributed by atoms with Crippen LogP contribution in [0.15, 0.2) is 72.8 Å². The molecule has 1 N–H and O–H groups in total. The molecule has 0 spiro atoms. The first kappa shape index (κ1) is 22.4. The van der Waals surface area contributed by atoms with Gasteiger partial charge in [0, 0.05) is 36.3 Å². The Balaban J connectivity index is 1.26. The number of rotatable bonds is 6. The lowest BCUT2D eigenvalue weighted by atomic mass is 9.99. The van der Waals surface area contributed by atoms with Crippen LogP contribution >= 0.6 is 0 Å². The Morgan fingerprint density at radius 2 is 1.75 bits per heavy atom. The van der Waals surface area contributed by atoms with Crippen molar-refractivity contribution in [3.05, 3.63) is 95.2 Å². The van der Waals surface area contributed by atoms with E-state index in [1.807, 2.05) is 66.5 Å². The van der Waals surface area contributed by atoms with Gasteiger partial charge in [-0.05, 0) is 60.9 Å². The van der Waals surface area contributed by atoms with E-state index in [4.69, 9.17) is 9.47 Å². The number of carbonyl (C=O) groups excluding carboxylic acids is 1. The van der Waals surface area contributed by atoms with E-state index in [1.165, 1.54) is 11.1 Å². The number of anilines is 1. The summed E-state index contributed by atoms with van der Waals surface area (Å²) < 4.78 is 11.1. The van der Waals surface area contributed by atoms with Crippen LogP contribution in [0.5, 0.6) is 11.5 Å². The maximum absolute atomic E-state index is 13.2. The molecule has 7 heteroatoms. The summed E-state index contributed by atoms with van der Waals surface area (Å²) in [6.07, 6.45) is 0.958. The highest BCUT2D eigenvalue weighted by atomic mass is 16.7. The molecule has 0 saturated carbocycles. The van der Waals surface area contributed by atoms with Crippen molar-refractivity contribution in [3.8, 4) is 11.5 Å². The zero-order valence-corrected chi connectivity index (χ0v) is 20.2. The maximum atomic E-state index is 13.2. The van der Waals surface area contributed by atoms with Crippen molar-refractivity contribution >= 4 is 22.5 Å². The van der Waals surface area contributed by atoms with Gasteiger partial charge in [-0.1, -0.05) is 36.4 Å². The molecule has 0 aliphatic carbocycles. The number of nitrogens with one attached hydrogen (secondary N) is 1. The van der Waals surface area contributed by atoms with Crippen molar-refractivity contribution in [1.82, 2.24) is 15.3 Å². The van der Waals surface area contributed by atoms with E-state index >= 15 is 0 Å². The van der Waals surface area contributed by atoms with E-state index < -0.39 is 0 Å². The largest absolute Gasteiger partial charge is 0.454 e. The standard InChI is InChI=1S/C29H28N4O3/c1-20-15-26(24-9-5-6-10-25(24)30-20)33(31-29(34)21-7-3-2-4-8-21)14-13-32-12-11-22-16-27-28(36-19-35-27)17-23(22)18-32/h2-10,15-17H,11-14,18-19H2,1H3,(H,31,34). The minimum Gasteiger partial charge on any atom is -0.454 e. The number of hydrogen-bond acceptors (Lipinski definition) is 6. The van der Waals surface area contributed by atoms with Gasteiger partial charge in [-0.2, -0.15) is 0 Å². The summed E-state index contributed by atoms with van der Waals surface area (Å²) >= 11 is 0. The predicted octanol–water partition coefficient (Wildman–Crippen LogP) is 4.48. The third-order valence-electron chi connectivity index (χ3n) is 6.81. The number of aromatic nitrogens is 1. The Labute approximate surface area is 210 Å². The molecule has 36 heavy (non-hydrogen) atoms. The van der Waals surface area contributed by atoms with Crippen LogP contribution in [0.3, 0.4) is 0 Å². The van der Waals surface area contributed by atoms with Gasteiger partial charge >= 0.3 is 0 Å². The number of fused-ring (bicyclic) bond motifs is 3. The number of hydrogen-bond donors (Lipinski definition) is 1. The first-order valence-corrected chi connectivity index (χ1v) is 12.3. The fraction of sp³-hybridized carbons (Fsp3) is 0.241. The molecule has 0 atom stereocenters. The Bertz CT molecular complexity index is 1420. The van der Waals surface area contributed by atoms with Gasteiger partial charge < -0.3 is 9.47 Å². The summed E-state index contributed by atoms with van der Waals surface area (Å²) in [5, 5.41) is 2.98. The van der Waals surface area contributed by atoms with Crippen LogP contribution in [-0.2, 0) is 13.0 Å². The van der Waals surface area contributed by atoms with Crippen LogP contribution in [0.25, 0.3) is 10.9 Å². The average molecular weight is 481 g/mol. The number of ether oxygens (including phenoxy) is 2. The van der Waals surface area contributed by atoms with Crippen LogP contribution < -0.4 is 19.9 Å². The molecular weight excluding hydrogens is 452 g/mol. The Kier molecular flexibility index (Phi) is 5.91. The van der Waals surface area contributed by atoms with E-state index in [-0.39, 0.29) is 12.7 Å². The Morgan fingerprint density at radius 3 is 2.58 bits per heavy atom. The third-order valence-corrected chi connectivity index (χ3v) is 6.81. The minimum absolute atomic E-state index is 0.133. The van der Waals surface area contributed by atoms with Crippen molar-refractivity contribution in [3.63, 3.8) is 0 Å². The van der Waals surface area contributed by atoms with Crippen LogP contribution in [0.1, 0.15) is 27.2 Å². The Morgan fingerprint density at radius 1 is 1.00 bits per heavy atom. The highest BCUT2D eigenvalue weighted by Gasteiger charge is 2.23. The number of nitrogens with zero attached hydrogens (tertiary/aromatic N) is 3. The molecule has 2 aliphatic heterocycles. The number of benzene rings is 3. The van der Waals surface area contributed by atoms with Gasteiger partial charge in [-0.15, -0.1) is 0 Å². The van der Waals surface area contributed by atoms with E-state index in [2.05, 4.69) is 33.5 Å². The number of pyridine rings is 1. The van der Waals surface area contributed by atoms with Crippen molar-refractivity contribution in [2.24, 2.45) is 0 Å². The molecule has 1 aromatic heterocycles. The first-order chi connectivity index (χ1) is 17.6. The molecule has 0 bridgehead atoms. The molecule has 4 aromatic rings. The molecule has 0 radical (unpaired) electrons. The van der Waals surface area contributed by atoms with Gasteiger partial charge in [0.1, 0.15) is 0 Å². The second-order valence-electron chi connectivity index (χ2n) is 9.26. The van der Waals surface area contributed by atoms with E-state index in [9.17, 15) is 4.79 Å². The zero-order chi connectivity index (χ0) is 24.5. The molecule has 2 aliphatic rings. The lowest BCUT2D eigenvalue weighted by Gasteiger charge is -2.33. The van der Waals surface area contributed by atoms with E-state index in [0.717, 1.165) is 59.8 Å². The van der Waals surface area contributed by atoms with Crippen molar-refractivity contribution in [2.45, 2.75) is 19.9 Å². The van der Waals surface area contributed by atoms with Gasteiger partial charge in [0.15, 0.2) is 11.5 Å². The topological polar surface area (TPSA) is 66.9 Å². The minimum atomic E-state index is -0.133. The van der Waals surface area contributed by atoms with Gasteiger partial charge in [0.25, 0.3) is 5.91 Å². The highest BCUT2D eigenvalue weighted by molar-refractivity contribution is 5.97. The van der Waals surface area contributed by atoms with Gasteiger partial charge in [-0.3, -0.25) is 25.1 Å². The van der Waals surface area contributed by atoms with Crippen LogP contribution in [0.2, 0.25) is 0 Å². The normalized spacial score (nSPS) is 14.5. The lowest BCUT2D eigenvalue weighted by molar-refractivity contribution is 0.0947. The highest BCUT2D eigenvalue weighted by Crippen LogP contribution is 2.36. The third kappa shape index (κ3) is 4.45. The zero-order valence-electron chi connectivity index (χ0n) is 20.2. The quantitative estimate of drug-likeness (QED) is 0.411. The van der Waals surface area contributed by atoms with E-state index in [1.54, 1.807) is 0 Å². The summed E-state index contributed by atoms with van der Waals surface area (Å²) in [5.74, 6) is 1.54. The molecule has 0 unspecified atom stereocenters.